The number of fused-ring (bicyclic) bond motifs is 1. The first-order valence-corrected chi connectivity index (χ1v) is 11.8. The standard InChI is InChI=1S/C24H27BrN4O4/c1-32-20-9-6-16(12-21(20)33-2)13-22(30)26-27-23-18-14-17(25)7-8-19(18)29(24(23)31)15-28-10-4-3-5-11-28/h6-9,12,14,31H,3-5,10-11,13,15H2,1-2H3/p+1. The number of carbonyl (C=O) groups excluding carboxylic acids is 1. The Bertz CT molecular complexity index is 1180. The van der Waals surface area contributed by atoms with Crippen LogP contribution in [0.25, 0.3) is 10.9 Å². The number of likely N-dealkylation sites (tertiary alicyclic amines) is 1. The van der Waals surface area contributed by atoms with Crippen LogP contribution in [0.5, 0.6) is 17.4 Å². The fourth-order valence-electron chi connectivity index (χ4n) is 4.29. The number of quaternary nitrogens is 1. The van der Waals surface area contributed by atoms with Gasteiger partial charge in [-0.25, -0.2) is 0 Å². The molecule has 2 aromatic carbocycles. The van der Waals surface area contributed by atoms with Gasteiger partial charge >= 0.3 is 0 Å². The van der Waals surface area contributed by atoms with Gasteiger partial charge in [0.15, 0.2) is 23.9 Å². The molecule has 8 nitrogen and oxygen atoms in total. The number of nitrogens with zero attached hydrogens (tertiary/aromatic N) is 3. The molecule has 1 amide bonds. The third kappa shape index (κ3) is 5.20. The number of azo groups is 1. The zero-order valence-corrected chi connectivity index (χ0v) is 20.4. The van der Waals surface area contributed by atoms with Crippen LogP contribution in [-0.4, -0.2) is 42.9 Å². The predicted octanol–water partition coefficient (Wildman–Crippen LogP) is 4.01. The summed E-state index contributed by atoms with van der Waals surface area (Å²) >= 11 is 3.49. The molecule has 0 atom stereocenters. The Morgan fingerprint density at radius 2 is 1.85 bits per heavy atom. The first kappa shape index (κ1) is 23.3. The van der Waals surface area contributed by atoms with E-state index in [1.165, 1.54) is 24.2 Å². The van der Waals surface area contributed by atoms with E-state index in [4.69, 9.17) is 9.47 Å². The van der Waals surface area contributed by atoms with E-state index in [2.05, 4.69) is 26.2 Å². The number of benzene rings is 2. The average Bonchev–Trinajstić information content (AvgIpc) is 3.08. The van der Waals surface area contributed by atoms with Crippen molar-refractivity contribution < 1.29 is 24.3 Å². The molecule has 1 saturated heterocycles. The molecule has 2 heterocycles. The van der Waals surface area contributed by atoms with Gasteiger partial charge < -0.3 is 19.5 Å². The fraction of sp³-hybridized carbons (Fsp3) is 0.375. The highest BCUT2D eigenvalue weighted by molar-refractivity contribution is 9.10. The minimum Gasteiger partial charge on any atom is -0.493 e. The van der Waals surface area contributed by atoms with Crippen LogP contribution in [0.4, 0.5) is 5.69 Å². The Hall–Kier alpha value is -2.91. The van der Waals surface area contributed by atoms with Crippen LogP contribution in [0.3, 0.4) is 0 Å². The number of halogens is 1. The lowest BCUT2D eigenvalue weighted by molar-refractivity contribution is -0.927. The van der Waals surface area contributed by atoms with Gasteiger partial charge in [-0.1, -0.05) is 22.0 Å². The number of rotatable bonds is 7. The summed E-state index contributed by atoms with van der Waals surface area (Å²) in [5, 5.41) is 19.8. The number of hydrogen-bond donors (Lipinski definition) is 2. The van der Waals surface area contributed by atoms with Crippen LogP contribution in [0.15, 0.2) is 51.1 Å². The van der Waals surface area contributed by atoms with Gasteiger partial charge in [0.2, 0.25) is 5.88 Å². The lowest BCUT2D eigenvalue weighted by Gasteiger charge is -2.24. The molecule has 9 heteroatoms. The summed E-state index contributed by atoms with van der Waals surface area (Å²) < 4.78 is 13.3. The topological polar surface area (TPSA) is 89.9 Å². The summed E-state index contributed by atoms with van der Waals surface area (Å²) in [6, 6.07) is 11.1. The van der Waals surface area contributed by atoms with E-state index >= 15 is 0 Å². The summed E-state index contributed by atoms with van der Waals surface area (Å²) in [7, 11) is 3.11. The SMILES string of the molecule is COc1ccc(CC(=O)N=Nc2c(O)n(C[NH+]3CCCCC3)c3ccc(Br)cc23)cc1OC. The van der Waals surface area contributed by atoms with Crippen molar-refractivity contribution >= 4 is 38.4 Å². The lowest BCUT2D eigenvalue weighted by atomic mass is 10.1. The molecule has 1 aliphatic rings. The second-order valence-electron chi connectivity index (χ2n) is 8.19. The van der Waals surface area contributed by atoms with E-state index in [9.17, 15) is 9.90 Å². The Morgan fingerprint density at radius 3 is 2.58 bits per heavy atom. The average molecular weight is 516 g/mol. The second kappa shape index (κ2) is 10.4. The summed E-state index contributed by atoms with van der Waals surface area (Å²) in [4.78, 5) is 14.0. The number of nitrogens with one attached hydrogen (secondary N) is 1. The van der Waals surface area contributed by atoms with Gasteiger partial charge in [0.25, 0.3) is 5.91 Å². The third-order valence-corrected chi connectivity index (χ3v) is 6.47. The summed E-state index contributed by atoms with van der Waals surface area (Å²) in [5.74, 6) is 0.753. The van der Waals surface area contributed by atoms with Crippen LogP contribution in [0, 0.1) is 0 Å². The van der Waals surface area contributed by atoms with E-state index in [-0.39, 0.29) is 12.3 Å². The zero-order valence-electron chi connectivity index (χ0n) is 18.8. The van der Waals surface area contributed by atoms with Crippen molar-refractivity contribution in [3.8, 4) is 17.4 Å². The van der Waals surface area contributed by atoms with Crippen LogP contribution < -0.4 is 14.4 Å². The lowest BCUT2D eigenvalue weighted by Crippen LogP contribution is -3.12. The van der Waals surface area contributed by atoms with Crippen molar-refractivity contribution in [3.63, 3.8) is 0 Å². The number of aromatic nitrogens is 1. The number of ether oxygens (including phenoxy) is 2. The van der Waals surface area contributed by atoms with Crippen molar-refractivity contribution in [2.45, 2.75) is 32.4 Å². The van der Waals surface area contributed by atoms with Crippen LogP contribution in [0.2, 0.25) is 0 Å². The molecule has 3 aromatic rings. The van der Waals surface area contributed by atoms with E-state index in [0.29, 0.717) is 23.9 Å². The first-order valence-electron chi connectivity index (χ1n) is 11.0. The Balaban J connectivity index is 1.59. The molecule has 1 aliphatic heterocycles. The predicted molar refractivity (Wildman–Crippen MR) is 129 cm³/mol. The number of hydrogen-bond acceptors (Lipinski definition) is 5. The number of carbonyl (C=O) groups is 1. The number of amides is 1. The van der Waals surface area contributed by atoms with Gasteiger partial charge in [0.1, 0.15) is 0 Å². The van der Waals surface area contributed by atoms with Crippen molar-refractivity contribution in [1.29, 1.82) is 0 Å². The Labute approximate surface area is 200 Å². The maximum absolute atomic E-state index is 12.5. The molecular formula is C24H28BrN4O4+. The highest BCUT2D eigenvalue weighted by Crippen LogP contribution is 2.39. The minimum absolute atomic E-state index is 0.0313. The number of methoxy groups -OCH3 is 2. The van der Waals surface area contributed by atoms with E-state index in [1.54, 1.807) is 32.4 Å². The highest BCUT2D eigenvalue weighted by Gasteiger charge is 2.22. The van der Waals surface area contributed by atoms with Crippen LogP contribution in [0.1, 0.15) is 24.8 Å². The second-order valence-corrected chi connectivity index (χ2v) is 9.11. The molecule has 1 fully saturated rings. The fourth-order valence-corrected chi connectivity index (χ4v) is 4.66. The molecular weight excluding hydrogens is 488 g/mol. The number of piperidine rings is 1. The van der Waals surface area contributed by atoms with Crippen molar-refractivity contribution in [1.82, 2.24) is 4.57 Å². The van der Waals surface area contributed by atoms with Crippen molar-refractivity contribution in [3.05, 3.63) is 46.4 Å². The summed E-state index contributed by atoms with van der Waals surface area (Å²) in [6.45, 7) is 2.81. The quantitative estimate of drug-likeness (QED) is 0.465. The molecule has 2 N–H and O–H groups in total. The molecule has 0 unspecified atom stereocenters. The molecule has 174 valence electrons. The van der Waals surface area contributed by atoms with E-state index in [0.717, 1.165) is 34.0 Å². The summed E-state index contributed by atoms with van der Waals surface area (Å²) in [6.07, 6.45) is 3.71. The zero-order chi connectivity index (χ0) is 23.4. The maximum Gasteiger partial charge on any atom is 0.269 e. The van der Waals surface area contributed by atoms with Gasteiger partial charge in [0.05, 0.1) is 39.2 Å². The molecule has 4 rings (SSSR count). The van der Waals surface area contributed by atoms with Gasteiger partial charge in [0, 0.05) is 9.86 Å². The van der Waals surface area contributed by atoms with E-state index in [1.807, 2.05) is 22.8 Å². The van der Waals surface area contributed by atoms with Crippen LogP contribution in [-0.2, 0) is 17.9 Å². The smallest absolute Gasteiger partial charge is 0.269 e. The molecule has 0 spiro atoms. The molecule has 0 aliphatic carbocycles. The maximum atomic E-state index is 12.5. The van der Waals surface area contributed by atoms with Gasteiger partial charge in [-0.2, -0.15) is 0 Å². The van der Waals surface area contributed by atoms with Crippen molar-refractivity contribution in [2.75, 3.05) is 27.3 Å². The largest absolute Gasteiger partial charge is 0.493 e. The van der Waals surface area contributed by atoms with Crippen LogP contribution >= 0.6 is 15.9 Å². The Kier molecular flexibility index (Phi) is 7.29. The minimum atomic E-state index is -0.417. The first-order chi connectivity index (χ1) is 16.0. The number of aromatic hydroxyl groups is 1. The third-order valence-electron chi connectivity index (χ3n) is 5.98. The van der Waals surface area contributed by atoms with Gasteiger partial charge in [-0.3, -0.25) is 9.36 Å². The summed E-state index contributed by atoms with van der Waals surface area (Å²) in [5.41, 5.74) is 1.91. The monoisotopic (exact) mass is 515 g/mol. The van der Waals surface area contributed by atoms with Crippen molar-refractivity contribution in [2.24, 2.45) is 10.2 Å². The van der Waals surface area contributed by atoms with Gasteiger partial charge in [-0.05, 0) is 55.2 Å². The molecule has 0 bridgehead atoms. The molecule has 1 aromatic heterocycles. The molecule has 33 heavy (non-hydrogen) atoms. The van der Waals surface area contributed by atoms with E-state index < -0.39 is 5.91 Å². The molecule has 0 saturated carbocycles. The Morgan fingerprint density at radius 1 is 1.09 bits per heavy atom. The normalized spacial score (nSPS) is 14.8. The molecule has 0 radical (unpaired) electrons. The highest BCUT2D eigenvalue weighted by atomic mass is 79.9. The van der Waals surface area contributed by atoms with Gasteiger partial charge in [-0.15, -0.1) is 10.2 Å².